The highest BCUT2D eigenvalue weighted by molar-refractivity contribution is 5.80. The highest BCUT2D eigenvalue weighted by Gasteiger charge is 2.23. The Kier molecular flexibility index (Phi) is 51.8. The van der Waals surface area contributed by atoms with E-state index < -0.39 is 12.1 Å². The number of nitrogens with two attached hydrogens (primary N) is 1. The Balaban J connectivity index is 4.73. The van der Waals surface area contributed by atoms with E-state index in [0.29, 0.717) is 37.7 Å². The first-order valence-corrected chi connectivity index (χ1v) is 30.5. The van der Waals surface area contributed by atoms with Crippen molar-refractivity contribution in [1.82, 2.24) is 14.7 Å². The van der Waals surface area contributed by atoms with Crippen LogP contribution < -0.4 is 5.73 Å². The number of carbonyl (C=O) groups excluding carboxylic acids is 3. The molecule has 0 aromatic carbocycles. The van der Waals surface area contributed by atoms with E-state index in [0.717, 1.165) is 122 Å². The van der Waals surface area contributed by atoms with Crippen LogP contribution >= 0.6 is 0 Å². The van der Waals surface area contributed by atoms with Crippen LogP contribution in [0.25, 0.3) is 0 Å². The van der Waals surface area contributed by atoms with Gasteiger partial charge in [-0.15, -0.1) is 0 Å². The number of rotatable bonds is 55. The smallest absolute Gasteiger partial charge is 0.257 e. The lowest BCUT2D eigenvalue weighted by Crippen LogP contribution is -2.39. The zero-order chi connectivity index (χ0) is 49.8. The molecule has 0 aliphatic carbocycles. The quantitative estimate of drug-likeness (QED) is 0.0615. The molecule has 0 heterocycles. The Labute approximate surface area is 424 Å². The van der Waals surface area contributed by atoms with Gasteiger partial charge in [-0.2, -0.15) is 0 Å². The Morgan fingerprint density at radius 2 is 0.529 bits per heavy atom. The van der Waals surface area contributed by atoms with Gasteiger partial charge in [-0.3, -0.25) is 14.4 Å². The lowest BCUT2D eigenvalue weighted by atomic mass is 10.1. The van der Waals surface area contributed by atoms with E-state index in [4.69, 9.17) is 5.73 Å². The van der Waals surface area contributed by atoms with Gasteiger partial charge in [0, 0.05) is 52.1 Å². The maximum absolute atomic E-state index is 14.8. The van der Waals surface area contributed by atoms with Crippen LogP contribution in [0.3, 0.4) is 0 Å². The number of unbranched alkanes of at least 4 members (excludes halogenated alkanes) is 36. The molecule has 0 saturated heterocycles. The summed E-state index contributed by atoms with van der Waals surface area (Å²) in [6.45, 7) is 14.0. The number of carbonyl (C=O) groups is 3. The Bertz CT molecular complexity index is 1060. The van der Waals surface area contributed by atoms with Crippen LogP contribution in [0.5, 0.6) is 0 Å². The molecule has 404 valence electrons. The Morgan fingerprint density at radius 3 is 0.765 bits per heavy atom. The minimum atomic E-state index is -1.52. The molecule has 0 radical (unpaired) electrons. The van der Waals surface area contributed by atoms with Crippen LogP contribution in [0.4, 0.5) is 4.39 Å². The summed E-state index contributed by atoms with van der Waals surface area (Å²) in [5.41, 5.74) is 5.64. The van der Waals surface area contributed by atoms with Crippen molar-refractivity contribution in [3.8, 4) is 0 Å². The molecule has 68 heavy (non-hydrogen) atoms. The standard InChI is InChI=1S/C60H119FN4O3/c1-5-9-13-17-21-25-33-41-51-63(52-42-34-26-22-18-14-10-6-2)59(67)48-40-32-30-38-46-56-65(60(68)57(61)49-50-62)55-45-37-29-28-36-44-54-64(53-43-35-27-23-19-15-11-7-3)58(66)47-39-31-24-20-16-12-8-4/h57H,5-56,62H2,1-4H3. The summed E-state index contributed by atoms with van der Waals surface area (Å²) in [6, 6.07) is 0. The maximum Gasteiger partial charge on any atom is 0.257 e. The molecule has 7 nitrogen and oxygen atoms in total. The fourth-order valence-corrected chi connectivity index (χ4v) is 9.80. The highest BCUT2D eigenvalue weighted by atomic mass is 19.1. The molecule has 8 heteroatoms. The van der Waals surface area contributed by atoms with E-state index in [2.05, 4.69) is 37.5 Å². The summed E-state index contributed by atoms with van der Waals surface area (Å²) in [5.74, 6) is 0.298. The third-order valence-electron chi connectivity index (χ3n) is 14.5. The van der Waals surface area contributed by atoms with Crippen LogP contribution in [0, 0.1) is 0 Å². The topological polar surface area (TPSA) is 86.9 Å². The first kappa shape index (κ1) is 66.3. The lowest BCUT2D eigenvalue weighted by Gasteiger charge is -2.24. The fourth-order valence-electron chi connectivity index (χ4n) is 9.80. The number of halogens is 1. The van der Waals surface area contributed by atoms with Crippen LogP contribution in [0.15, 0.2) is 0 Å². The van der Waals surface area contributed by atoms with Gasteiger partial charge in [-0.05, 0) is 64.3 Å². The SMILES string of the molecule is CCCCCCCCCCN(CCCCCCCCN(CCCCCCCC(=O)N(CCCCCCCCCC)CCCCCCCCCC)C(=O)C(F)CCN)C(=O)CCCCCCCCC. The van der Waals surface area contributed by atoms with E-state index in [-0.39, 0.29) is 13.0 Å². The number of amides is 3. The summed E-state index contributed by atoms with van der Waals surface area (Å²) in [5, 5.41) is 0. The third-order valence-corrected chi connectivity index (χ3v) is 14.5. The van der Waals surface area contributed by atoms with Gasteiger partial charge < -0.3 is 20.4 Å². The average Bonchev–Trinajstić information content (AvgIpc) is 3.34. The second-order valence-corrected chi connectivity index (χ2v) is 21.1. The van der Waals surface area contributed by atoms with E-state index >= 15 is 0 Å². The minimum Gasteiger partial charge on any atom is -0.343 e. The van der Waals surface area contributed by atoms with Crippen molar-refractivity contribution in [1.29, 1.82) is 0 Å². The van der Waals surface area contributed by atoms with Gasteiger partial charge in [0.25, 0.3) is 5.91 Å². The van der Waals surface area contributed by atoms with E-state index in [1.165, 1.54) is 173 Å². The summed E-state index contributed by atoms with van der Waals surface area (Å²) in [6.07, 6.45) is 50.6. The molecule has 2 N–H and O–H groups in total. The van der Waals surface area contributed by atoms with Gasteiger partial charge >= 0.3 is 0 Å². The van der Waals surface area contributed by atoms with Crippen molar-refractivity contribution in [2.45, 2.75) is 323 Å². The second kappa shape index (κ2) is 53.1. The summed E-state index contributed by atoms with van der Waals surface area (Å²) in [4.78, 5) is 46.0. The molecule has 0 rings (SSSR count). The van der Waals surface area contributed by atoms with Gasteiger partial charge in [0.2, 0.25) is 11.8 Å². The fraction of sp³-hybridized carbons (Fsp3) is 0.950. The molecule has 1 unspecified atom stereocenters. The molecule has 0 aromatic rings. The Morgan fingerprint density at radius 1 is 0.324 bits per heavy atom. The van der Waals surface area contributed by atoms with Crippen molar-refractivity contribution >= 4 is 17.7 Å². The summed E-state index contributed by atoms with van der Waals surface area (Å²) in [7, 11) is 0. The highest BCUT2D eigenvalue weighted by Crippen LogP contribution is 2.17. The first-order chi connectivity index (χ1) is 33.4. The summed E-state index contributed by atoms with van der Waals surface area (Å²) >= 11 is 0. The zero-order valence-electron chi connectivity index (χ0n) is 46.4. The molecule has 0 fully saturated rings. The van der Waals surface area contributed by atoms with Gasteiger partial charge in [-0.25, -0.2) is 4.39 Å². The monoisotopic (exact) mass is 963 g/mol. The minimum absolute atomic E-state index is 0.0795. The molecule has 0 aliphatic heterocycles. The molecule has 0 spiro atoms. The van der Waals surface area contributed by atoms with Gasteiger partial charge in [0.1, 0.15) is 0 Å². The number of nitrogens with zero attached hydrogens (tertiary/aromatic N) is 3. The van der Waals surface area contributed by atoms with E-state index in [1.807, 2.05) is 0 Å². The number of hydrogen-bond acceptors (Lipinski definition) is 4. The third kappa shape index (κ3) is 43.1. The van der Waals surface area contributed by atoms with Crippen molar-refractivity contribution in [3.05, 3.63) is 0 Å². The van der Waals surface area contributed by atoms with Crippen LogP contribution in [-0.2, 0) is 14.4 Å². The maximum atomic E-state index is 14.8. The second-order valence-electron chi connectivity index (χ2n) is 21.1. The van der Waals surface area contributed by atoms with E-state index in [9.17, 15) is 18.8 Å². The lowest BCUT2D eigenvalue weighted by molar-refractivity contribution is -0.137. The number of hydrogen-bond donors (Lipinski definition) is 1. The normalized spacial score (nSPS) is 11.9. The molecule has 0 saturated carbocycles. The zero-order valence-corrected chi connectivity index (χ0v) is 46.4. The van der Waals surface area contributed by atoms with Gasteiger partial charge in [-0.1, -0.05) is 246 Å². The molecule has 1 atom stereocenters. The van der Waals surface area contributed by atoms with Crippen LogP contribution in [0.2, 0.25) is 0 Å². The molecule has 3 amide bonds. The number of alkyl halides is 1. The largest absolute Gasteiger partial charge is 0.343 e. The average molecular weight is 964 g/mol. The van der Waals surface area contributed by atoms with E-state index in [1.54, 1.807) is 4.90 Å². The van der Waals surface area contributed by atoms with Gasteiger partial charge in [0.05, 0.1) is 0 Å². The molecule has 0 aliphatic rings. The van der Waals surface area contributed by atoms with Gasteiger partial charge in [0.15, 0.2) is 6.17 Å². The van der Waals surface area contributed by atoms with Crippen molar-refractivity contribution in [3.63, 3.8) is 0 Å². The van der Waals surface area contributed by atoms with Crippen molar-refractivity contribution in [2.75, 3.05) is 45.8 Å². The van der Waals surface area contributed by atoms with Crippen molar-refractivity contribution < 1.29 is 18.8 Å². The molecular formula is C60H119FN4O3. The summed E-state index contributed by atoms with van der Waals surface area (Å²) < 4.78 is 14.8. The molecular weight excluding hydrogens is 844 g/mol. The molecule has 0 bridgehead atoms. The Hall–Kier alpha value is -1.70. The van der Waals surface area contributed by atoms with Crippen LogP contribution in [-0.4, -0.2) is 84.4 Å². The van der Waals surface area contributed by atoms with Crippen LogP contribution in [0.1, 0.15) is 317 Å². The predicted octanol–water partition coefficient (Wildman–Crippen LogP) is 17.4. The molecule has 0 aromatic heterocycles. The van der Waals surface area contributed by atoms with Crippen molar-refractivity contribution in [2.24, 2.45) is 5.73 Å². The predicted molar refractivity (Wildman–Crippen MR) is 294 cm³/mol. The first-order valence-electron chi connectivity index (χ1n) is 30.5.